The monoisotopic (exact) mass is 349 g/mol. The van der Waals surface area contributed by atoms with Crippen molar-refractivity contribution in [1.29, 1.82) is 0 Å². The molecule has 0 spiro atoms. The van der Waals surface area contributed by atoms with Crippen LogP contribution in [0.25, 0.3) is 0 Å². The van der Waals surface area contributed by atoms with Gasteiger partial charge in [0.2, 0.25) is 5.96 Å². The topological polar surface area (TPSA) is 53.9 Å². The lowest BCUT2D eigenvalue weighted by Gasteiger charge is -2.20. The Morgan fingerprint density at radius 1 is 1.09 bits per heavy atom. The molecule has 23 heavy (non-hydrogen) atoms. The third kappa shape index (κ3) is 3.57. The highest BCUT2D eigenvalue weighted by molar-refractivity contribution is 6.39. The first kappa shape index (κ1) is 15.6. The van der Waals surface area contributed by atoms with E-state index < -0.39 is 5.97 Å². The first-order chi connectivity index (χ1) is 11.1. The first-order valence-corrected chi connectivity index (χ1v) is 7.71. The SMILES string of the molecule is O=C(ON1CCN=C1Nc1c(Cl)cccc1Cl)c1ccccc1. The molecule has 0 amide bonds. The highest BCUT2D eigenvalue weighted by Gasteiger charge is 2.23. The molecule has 0 unspecified atom stereocenters. The smallest absolute Gasteiger partial charge is 0.332 e. The number of para-hydroxylation sites is 1. The number of benzene rings is 2. The summed E-state index contributed by atoms with van der Waals surface area (Å²) in [5, 5.41) is 5.34. The molecule has 1 aliphatic heterocycles. The second-order valence-electron chi connectivity index (χ2n) is 4.77. The summed E-state index contributed by atoms with van der Waals surface area (Å²) in [7, 11) is 0. The Labute approximate surface area is 143 Å². The van der Waals surface area contributed by atoms with Crippen molar-refractivity contribution in [3.05, 3.63) is 64.1 Å². The molecule has 0 aliphatic carbocycles. The zero-order chi connectivity index (χ0) is 16.2. The van der Waals surface area contributed by atoms with Gasteiger partial charge in [0.1, 0.15) is 0 Å². The van der Waals surface area contributed by atoms with Crippen molar-refractivity contribution in [2.45, 2.75) is 0 Å². The minimum atomic E-state index is -0.452. The molecular weight excluding hydrogens is 337 g/mol. The summed E-state index contributed by atoms with van der Waals surface area (Å²) in [6, 6.07) is 13.9. The van der Waals surface area contributed by atoms with Crippen LogP contribution in [0.15, 0.2) is 53.5 Å². The largest absolute Gasteiger partial charge is 0.363 e. The van der Waals surface area contributed by atoms with Crippen LogP contribution in [-0.4, -0.2) is 30.1 Å². The number of hydrogen-bond donors (Lipinski definition) is 1. The van der Waals surface area contributed by atoms with E-state index in [2.05, 4.69) is 10.3 Å². The average molecular weight is 350 g/mol. The summed E-state index contributed by atoms with van der Waals surface area (Å²) >= 11 is 12.3. The fourth-order valence-electron chi connectivity index (χ4n) is 2.08. The molecule has 5 nitrogen and oxygen atoms in total. The maximum absolute atomic E-state index is 12.1. The molecule has 0 saturated heterocycles. The Hall–Kier alpha value is -2.24. The molecule has 7 heteroatoms. The van der Waals surface area contributed by atoms with E-state index in [1.165, 1.54) is 5.06 Å². The van der Waals surface area contributed by atoms with Crippen molar-refractivity contribution in [2.75, 3.05) is 18.4 Å². The van der Waals surface area contributed by atoms with E-state index in [0.29, 0.717) is 40.3 Å². The number of halogens is 2. The molecule has 0 aromatic heterocycles. The van der Waals surface area contributed by atoms with Gasteiger partial charge in [-0.1, -0.05) is 47.5 Å². The molecule has 1 N–H and O–H groups in total. The summed E-state index contributed by atoms with van der Waals surface area (Å²) in [4.78, 5) is 21.8. The van der Waals surface area contributed by atoms with Gasteiger partial charge in [0.15, 0.2) is 0 Å². The molecular formula is C16H13Cl2N3O2. The Bertz CT molecular complexity index is 730. The summed E-state index contributed by atoms with van der Waals surface area (Å²) in [6.45, 7) is 0.968. The van der Waals surface area contributed by atoms with E-state index in [0.717, 1.165) is 0 Å². The van der Waals surface area contributed by atoms with Crippen LogP contribution in [-0.2, 0) is 4.84 Å². The molecule has 2 aromatic carbocycles. The van der Waals surface area contributed by atoms with Crippen molar-refractivity contribution >= 4 is 40.8 Å². The molecule has 0 saturated carbocycles. The van der Waals surface area contributed by atoms with Gasteiger partial charge < -0.3 is 10.2 Å². The fraction of sp³-hybridized carbons (Fsp3) is 0.125. The van der Waals surface area contributed by atoms with E-state index >= 15 is 0 Å². The zero-order valence-electron chi connectivity index (χ0n) is 12.0. The first-order valence-electron chi connectivity index (χ1n) is 6.95. The van der Waals surface area contributed by atoms with E-state index in [9.17, 15) is 4.79 Å². The van der Waals surface area contributed by atoms with Crippen LogP contribution in [0.5, 0.6) is 0 Å². The van der Waals surface area contributed by atoms with E-state index in [1.54, 1.807) is 42.5 Å². The van der Waals surface area contributed by atoms with E-state index in [1.807, 2.05) is 6.07 Å². The fourth-order valence-corrected chi connectivity index (χ4v) is 2.57. The molecule has 1 aliphatic rings. The molecule has 0 fully saturated rings. The van der Waals surface area contributed by atoms with Crippen molar-refractivity contribution < 1.29 is 9.63 Å². The summed E-state index contributed by atoms with van der Waals surface area (Å²) in [5.74, 6) is -0.0588. The van der Waals surface area contributed by atoms with Gasteiger partial charge in [-0.15, -0.1) is 0 Å². The number of guanidine groups is 1. The van der Waals surface area contributed by atoms with Crippen molar-refractivity contribution in [3.8, 4) is 0 Å². The molecule has 0 atom stereocenters. The van der Waals surface area contributed by atoms with Gasteiger partial charge in [-0.05, 0) is 24.3 Å². The number of nitrogens with zero attached hydrogens (tertiary/aromatic N) is 2. The van der Waals surface area contributed by atoms with Crippen LogP contribution in [0.1, 0.15) is 10.4 Å². The quantitative estimate of drug-likeness (QED) is 0.914. The Kier molecular flexibility index (Phi) is 4.69. The predicted octanol–water partition coefficient (Wildman–Crippen LogP) is 3.85. The number of carbonyl (C=O) groups excluding carboxylic acids is 1. The van der Waals surface area contributed by atoms with Crippen LogP contribution in [0.3, 0.4) is 0 Å². The van der Waals surface area contributed by atoms with Crippen LogP contribution in [0, 0.1) is 0 Å². The molecule has 0 radical (unpaired) electrons. The normalized spacial score (nSPS) is 13.7. The van der Waals surface area contributed by atoms with E-state index in [-0.39, 0.29) is 0 Å². The second-order valence-corrected chi connectivity index (χ2v) is 5.59. The molecule has 2 aromatic rings. The molecule has 3 rings (SSSR count). The zero-order valence-corrected chi connectivity index (χ0v) is 13.5. The summed E-state index contributed by atoms with van der Waals surface area (Å²) in [6.07, 6.45) is 0. The van der Waals surface area contributed by atoms with Gasteiger partial charge in [0, 0.05) is 0 Å². The van der Waals surface area contributed by atoms with Crippen molar-refractivity contribution in [3.63, 3.8) is 0 Å². The Morgan fingerprint density at radius 3 is 2.48 bits per heavy atom. The van der Waals surface area contributed by atoms with E-state index in [4.69, 9.17) is 28.0 Å². The van der Waals surface area contributed by atoms with Gasteiger partial charge >= 0.3 is 5.97 Å². The number of aliphatic imine (C=N–C) groups is 1. The lowest BCUT2D eigenvalue weighted by molar-refractivity contribution is -0.0488. The Balaban J connectivity index is 1.72. The molecule has 118 valence electrons. The number of nitrogens with one attached hydrogen (secondary N) is 1. The minimum Gasteiger partial charge on any atom is -0.332 e. The highest BCUT2D eigenvalue weighted by atomic mass is 35.5. The summed E-state index contributed by atoms with van der Waals surface area (Å²) < 4.78 is 0. The van der Waals surface area contributed by atoms with Gasteiger partial charge in [-0.3, -0.25) is 0 Å². The van der Waals surface area contributed by atoms with Crippen LogP contribution < -0.4 is 5.32 Å². The highest BCUT2D eigenvalue weighted by Crippen LogP contribution is 2.30. The minimum absolute atomic E-state index is 0.393. The predicted molar refractivity (Wildman–Crippen MR) is 91.0 cm³/mol. The number of rotatable bonds is 3. The van der Waals surface area contributed by atoms with Crippen molar-refractivity contribution in [2.24, 2.45) is 4.99 Å². The van der Waals surface area contributed by atoms with Gasteiger partial charge in [-0.25, -0.2) is 9.79 Å². The van der Waals surface area contributed by atoms with Crippen LogP contribution >= 0.6 is 23.2 Å². The van der Waals surface area contributed by atoms with Gasteiger partial charge in [0.05, 0.1) is 34.4 Å². The standard InChI is InChI=1S/C16H13Cl2N3O2/c17-12-7-4-8-13(18)14(12)20-16-19-9-10-21(16)23-15(22)11-5-2-1-3-6-11/h1-8H,9-10H2,(H,19,20). The Morgan fingerprint density at radius 2 is 1.78 bits per heavy atom. The number of carbonyl (C=O) groups is 1. The number of hydroxylamine groups is 2. The molecule has 1 heterocycles. The van der Waals surface area contributed by atoms with Crippen LogP contribution in [0.2, 0.25) is 10.0 Å². The number of anilines is 1. The average Bonchev–Trinajstić information content (AvgIpc) is 2.99. The van der Waals surface area contributed by atoms with Gasteiger partial charge in [0.25, 0.3) is 0 Å². The lowest BCUT2D eigenvalue weighted by Crippen LogP contribution is -2.35. The molecule has 0 bridgehead atoms. The third-order valence-corrected chi connectivity index (χ3v) is 3.83. The lowest BCUT2D eigenvalue weighted by atomic mass is 10.2. The maximum Gasteiger partial charge on any atom is 0.363 e. The summed E-state index contributed by atoms with van der Waals surface area (Å²) in [5.41, 5.74) is 0.992. The van der Waals surface area contributed by atoms with Crippen LogP contribution in [0.4, 0.5) is 5.69 Å². The van der Waals surface area contributed by atoms with Crippen molar-refractivity contribution in [1.82, 2.24) is 5.06 Å². The number of hydrogen-bond acceptors (Lipinski definition) is 5. The maximum atomic E-state index is 12.1. The van der Waals surface area contributed by atoms with Gasteiger partial charge in [-0.2, -0.15) is 5.06 Å². The third-order valence-electron chi connectivity index (χ3n) is 3.20. The second kappa shape index (κ2) is 6.89.